The lowest BCUT2D eigenvalue weighted by atomic mass is 9.50. The number of rotatable bonds is 48. The van der Waals surface area contributed by atoms with Gasteiger partial charge in [-0.1, -0.05) is 387 Å². The molecule has 12 aromatic rings. The molecule has 0 spiro atoms. The van der Waals surface area contributed by atoms with E-state index in [1.54, 1.807) is 0 Å². The van der Waals surface area contributed by atoms with Gasteiger partial charge in [0.2, 0.25) is 11.8 Å². The highest BCUT2D eigenvalue weighted by atomic mass is 16.5. The summed E-state index contributed by atoms with van der Waals surface area (Å²) in [6, 6.07) is 74.8. The van der Waals surface area contributed by atoms with Crippen LogP contribution in [0.3, 0.4) is 0 Å². The molecular weight excluding hydrogens is 1390 g/mol. The third-order valence-electron chi connectivity index (χ3n) is 23.4. The van der Waals surface area contributed by atoms with Crippen LogP contribution < -0.4 is 42.0 Å². The minimum atomic E-state index is -0.617. The van der Waals surface area contributed by atoms with Gasteiger partial charge in [-0.3, -0.25) is 0 Å². The molecule has 8 aromatic carbocycles. The van der Waals surface area contributed by atoms with Crippen molar-refractivity contribution in [3.8, 4) is 40.1 Å². The number of benzene rings is 8. The van der Waals surface area contributed by atoms with Crippen molar-refractivity contribution in [1.29, 1.82) is 5.26 Å². The van der Waals surface area contributed by atoms with Gasteiger partial charge in [0, 0.05) is 33.3 Å². The van der Waals surface area contributed by atoms with E-state index in [0.29, 0.717) is 68.7 Å². The van der Waals surface area contributed by atoms with Gasteiger partial charge in [0.15, 0.2) is 11.2 Å². The molecule has 0 saturated heterocycles. The monoisotopic (exact) mass is 1520 g/mol. The molecule has 0 N–H and O–H groups in total. The fourth-order valence-corrected chi connectivity index (χ4v) is 17.3. The molecule has 4 heterocycles. The summed E-state index contributed by atoms with van der Waals surface area (Å²) in [5, 5.41) is 15.4. The molecule has 0 aliphatic rings. The van der Waals surface area contributed by atoms with Crippen molar-refractivity contribution in [2.45, 2.75) is 247 Å². The molecule has 12 rings (SSSR count). The lowest BCUT2D eigenvalue weighted by Crippen LogP contribution is -2.54. The number of unbranched alkanes of at least 4 members (excludes halogenated alkanes) is 24. The average molecular weight is 1520 g/mol. The van der Waals surface area contributed by atoms with Gasteiger partial charge in [-0.15, -0.1) is 0 Å². The number of fused-ring (bicyclic) bond motifs is 3. The molecule has 0 saturated carbocycles. The molecule has 590 valence electrons. The first-order valence-electron chi connectivity index (χ1n) is 44.0. The molecule has 2 unspecified atom stereocenters. The fraction of sp³-hybridized carbons (Fsp3) is 0.412. The Kier molecular flexibility index (Phi) is 32.2. The second-order valence-corrected chi connectivity index (χ2v) is 32.3. The van der Waals surface area contributed by atoms with Crippen molar-refractivity contribution in [2.75, 3.05) is 13.2 Å². The Hall–Kier alpha value is -10.0. The Morgan fingerprint density at radius 3 is 1.10 bits per heavy atom. The minimum Gasteiger partial charge on any atom is -0.493 e. The maximum atomic E-state index is 12.8. The smallest absolute Gasteiger partial charge is 0.328 e. The molecule has 4 aromatic heterocycles. The molecule has 114 heavy (non-hydrogen) atoms. The van der Waals surface area contributed by atoms with Crippen molar-refractivity contribution in [1.82, 2.24) is 18.9 Å². The first-order chi connectivity index (χ1) is 56.2. The zero-order valence-corrected chi connectivity index (χ0v) is 69.3. The van der Waals surface area contributed by atoms with Crippen molar-refractivity contribution in [2.24, 2.45) is 11.8 Å². The lowest BCUT2D eigenvalue weighted by Gasteiger charge is -2.24. The highest BCUT2D eigenvalue weighted by Crippen LogP contribution is 2.40. The van der Waals surface area contributed by atoms with Crippen molar-refractivity contribution in [3.05, 3.63) is 251 Å². The predicted octanol–water partition coefficient (Wildman–Crippen LogP) is 24.3. The second-order valence-electron chi connectivity index (χ2n) is 32.3. The second kappa shape index (κ2) is 44.0. The molecule has 0 amide bonds. The molecule has 10 nitrogen and oxygen atoms in total. The largest absolute Gasteiger partial charge is 0.493 e. The van der Waals surface area contributed by atoms with E-state index in [1.165, 1.54) is 180 Å². The summed E-state index contributed by atoms with van der Waals surface area (Å²) in [6.45, 7) is 23.2. The number of aromatic nitrogens is 4. The zero-order chi connectivity index (χ0) is 79.1. The Labute approximate surface area is 681 Å². The SMILES string of the molecule is [C-]#[N+]/C(c1nc2cc(C)ccc2o1)=c1\c2c(-c3cccc(OCC(CCCCCCCC)CCCCCCCCCC)c3)n(B(c3ccccc3)c3ccccc3)/c(=C(/C#N)c3nc4cc(C)ccc4o3)c2c(-c2cccc(OCC(CCCCCCCC)CCCCCCCCCC)c2)n1B(c1ccccc1)c1ccccc1. The molecule has 0 aliphatic carbocycles. The van der Waals surface area contributed by atoms with Crippen LogP contribution in [-0.2, 0) is 0 Å². The number of aryl methyl sites for hydroxylation is 2. The van der Waals surface area contributed by atoms with Gasteiger partial charge in [-0.2, -0.15) is 5.26 Å². The van der Waals surface area contributed by atoms with E-state index in [1.807, 2.05) is 36.4 Å². The Bertz CT molecular complexity index is 4760. The molecule has 0 bridgehead atoms. The van der Waals surface area contributed by atoms with Gasteiger partial charge < -0.3 is 27.3 Å². The molecule has 0 aliphatic heterocycles. The number of hydrogen-bond donors (Lipinski definition) is 0. The highest BCUT2D eigenvalue weighted by molar-refractivity contribution is 6.85. The van der Waals surface area contributed by atoms with Crippen molar-refractivity contribution in [3.63, 3.8) is 0 Å². The lowest BCUT2D eigenvalue weighted by molar-refractivity contribution is 0.224. The summed E-state index contributed by atoms with van der Waals surface area (Å²) in [5.41, 5.74) is 11.9. The van der Waals surface area contributed by atoms with Crippen LogP contribution in [0.15, 0.2) is 215 Å². The summed E-state index contributed by atoms with van der Waals surface area (Å²) in [6.07, 6.45) is 39.9. The maximum Gasteiger partial charge on any atom is 0.328 e. The van der Waals surface area contributed by atoms with Gasteiger partial charge in [0.05, 0.1) is 30.5 Å². The standard InChI is InChI=1S/C102H122B2N6O4/c1-8-12-16-20-24-26-30-38-52-79(50-36-28-22-18-14-10-3)75-111-87-64-48-54-81(72-87)97-94-95(100(96(106-7)102-108-91-71-78(6)67-69-93(91)114-102)110(97)104(85-60-44-34-45-61-85)86-62-46-35-47-63-86)98(82-55-49-65-88(73-82)112-76-80(51-37-29-23-19-15-11-4)53-39-31-27-25-21-17-13-9-2)109(103(83-56-40-32-41-57-83)84-58-42-33-43-59-84)99(94)89(74-105)101-107-90-70-77(5)66-68-92(90)113-101/h32-35,40-49,54-73,79-80H,8-31,36-39,50-53,75-76H2,1-6H3/b99-89-,100-96+. The van der Waals surface area contributed by atoms with Crippen LogP contribution in [0.2, 0.25) is 0 Å². The third kappa shape index (κ3) is 21.9. The normalized spacial score (nSPS) is 12.6. The van der Waals surface area contributed by atoms with Crippen molar-refractivity contribution >= 4 is 79.8 Å². The van der Waals surface area contributed by atoms with Crippen LogP contribution in [0.5, 0.6) is 11.5 Å². The topological polar surface area (TPSA) is 109 Å². The summed E-state index contributed by atoms with van der Waals surface area (Å²) < 4.78 is 33.5. The predicted molar refractivity (Wildman–Crippen MR) is 480 cm³/mol. The molecule has 0 radical (unpaired) electrons. The first kappa shape index (κ1) is 83.4. The number of ether oxygens (including phenoxy) is 2. The zero-order valence-electron chi connectivity index (χ0n) is 69.3. The quantitative estimate of drug-likeness (QED) is 0.0212. The van der Waals surface area contributed by atoms with E-state index < -0.39 is 13.7 Å². The third-order valence-corrected chi connectivity index (χ3v) is 23.4. The Morgan fingerprint density at radius 1 is 0.404 bits per heavy atom. The average Bonchev–Trinajstić information content (AvgIpc) is 1.52. The molecule has 12 heteroatoms. The molecular formula is C102H122B2N6O4. The summed E-state index contributed by atoms with van der Waals surface area (Å²) >= 11 is 0. The van der Waals surface area contributed by atoms with E-state index in [2.05, 4.69) is 226 Å². The van der Waals surface area contributed by atoms with Gasteiger partial charge in [0.1, 0.15) is 34.2 Å². The van der Waals surface area contributed by atoms with Crippen LogP contribution in [-0.4, -0.2) is 45.8 Å². The number of nitriles is 1. The minimum absolute atomic E-state index is 0.173. The van der Waals surface area contributed by atoms with Crippen molar-refractivity contribution < 1.29 is 18.3 Å². The highest BCUT2D eigenvalue weighted by Gasteiger charge is 2.38. The fourth-order valence-electron chi connectivity index (χ4n) is 17.3. The van der Waals surface area contributed by atoms with Crippen LogP contribution in [0, 0.1) is 43.6 Å². The Balaban J connectivity index is 1.18. The van der Waals surface area contributed by atoms with Gasteiger partial charge in [-0.25, -0.2) is 14.8 Å². The maximum absolute atomic E-state index is 12.8. The number of nitrogens with zero attached hydrogens (tertiary/aromatic N) is 6. The summed E-state index contributed by atoms with van der Waals surface area (Å²) in [5.74, 6) is 2.59. The van der Waals surface area contributed by atoms with Crippen LogP contribution >= 0.6 is 0 Å². The van der Waals surface area contributed by atoms with E-state index >= 15 is 0 Å². The van der Waals surface area contributed by atoms with E-state index in [-0.39, 0.29) is 23.1 Å². The van der Waals surface area contributed by atoms with E-state index in [0.717, 1.165) is 92.7 Å². The van der Waals surface area contributed by atoms with Crippen LogP contribution in [0.25, 0.3) is 71.6 Å². The summed E-state index contributed by atoms with van der Waals surface area (Å²) in [4.78, 5) is 15.5. The molecule has 0 fully saturated rings. The molecule has 2 atom stereocenters. The van der Waals surface area contributed by atoms with Gasteiger partial charge in [-0.05, 0) is 111 Å². The van der Waals surface area contributed by atoms with Crippen LogP contribution in [0.1, 0.15) is 256 Å². The summed E-state index contributed by atoms with van der Waals surface area (Å²) in [7, 11) is 0. The first-order valence-corrected chi connectivity index (χ1v) is 44.0. The number of oxazole rings is 2. The van der Waals surface area contributed by atoms with E-state index in [4.69, 9.17) is 33.1 Å². The van der Waals surface area contributed by atoms with Crippen LogP contribution in [0.4, 0.5) is 0 Å². The van der Waals surface area contributed by atoms with E-state index in [9.17, 15) is 11.8 Å². The Morgan fingerprint density at radius 2 is 0.737 bits per heavy atom. The van der Waals surface area contributed by atoms with Gasteiger partial charge in [0.25, 0.3) is 5.70 Å². The van der Waals surface area contributed by atoms with Gasteiger partial charge >= 0.3 is 13.7 Å². The number of hydrogen-bond acceptors (Lipinski definition) is 7.